The molecule has 0 amide bonds. The Bertz CT molecular complexity index is 4890. The normalized spacial score (nSPS) is 13.2. The molecular weight excluding hydrogens is 1740 g/mol. The molecule has 2 N–H and O–H groups in total. The van der Waals surface area contributed by atoms with Crippen LogP contribution in [0.25, 0.3) is 6.08 Å². The van der Waals surface area contributed by atoms with Crippen LogP contribution in [-0.4, -0.2) is 66.7 Å². The molecule has 2 heterocycles. The van der Waals surface area contributed by atoms with Gasteiger partial charge < -0.3 is 29.2 Å². The Kier molecular flexibility index (Phi) is 35.8. The number of nitrogens with zero attached hydrogens (tertiary/aromatic N) is 4. The molecule has 15 nitrogen and oxygen atoms in total. The van der Waals surface area contributed by atoms with Crippen molar-refractivity contribution in [3.63, 3.8) is 0 Å². The zero-order valence-electron chi connectivity index (χ0n) is 55.1. The van der Waals surface area contributed by atoms with Crippen molar-refractivity contribution >= 4 is 99.9 Å². The molecular formula is C74H48Br4F16N4O11. The Morgan fingerprint density at radius 2 is 0.752 bits per heavy atom. The minimum absolute atomic E-state index is 0.0174. The molecule has 4 aliphatic rings. The number of aliphatic hydroxyl groups excluding tert-OH is 1. The number of carboxylic acids is 1. The number of ether oxygens (including phenoxy) is 4. The van der Waals surface area contributed by atoms with Gasteiger partial charge in [0.2, 0.25) is 0 Å². The maximum atomic E-state index is 13.0. The van der Waals surface area contributed by atoms with Crippen LogP contribution in [0.5, 0.6) is 0 Å². The van der Waals surface area contributed by atoms with Gasteiger partial charge in [-0.15, -0.1) is 0 Å². The van der Waals surface area contributed by atoms with E-state index in [2.05, 4.69) is 63.7 Å². The third-order valence-corrected chi connectivity index (χ3v) is 17.3. The number of rotatable bonds is 13. The Labute approximate surface area is 641 Å². The van der Waals surface area contributed by atoms with E-state index in [1.54, 1.807) is 18.2 Å². The second kappa shape index (κ2) is 43.4. The van der Waals surface area contributed by atoms with Crippen LogP contribution in [-0.2, 0) is 41.6 Å². The number of carbonyl (C=O) groups excluding carboxylic acids is 4. The van der Waals surface area contributed by atoms with E-state index in [1.165, 1.54) is 12.2 Å². The van der Waals surface area contributed by atoms with Crippen molar-refractivity contribution < 1.29 is 123 Å². The topological polar surface area (TPSA) is 258 Å². The summed E-state index contributed by atoms with van der Waals surface area (Å²) in [6.07, 6.45) is 6.30. The van der Waals surface area contributed by atoms with Crippen LogP contribution in [0.3, 0.4) is 0 Å². The SMILES string of the molecule is Fc1cc(Br)c(C2OCCO2)cc1F.N#Cc1cc(F)c(F)cc1/C=C/C(=O)C1CC1.N#Cc1cc(F)c(F)cc1C1OCCO1.N#Cc1cc(F)c(F)cc1C=O.N#Cc1cc(F)c(F)cc1CCC(=O)C1CC1.O=C(O)c1cc(F)c(F)cc1Br.O=Cc1cc(F)c(F)cc1Br.OCc1cc(F)c(F)cc1Br. The smallest absolute Gasteiger partial charge is 0.336 e. The van der Waals surface area contributed by atoms with E-state index < -0.39 is 112 Å². The number of halogens is 20. The zero-order valence-corrected chi connectivity index (χ0v) is 61.4. The fourth-order valence-electron chi connectivity index (χ4n) is 8.64. The number of nitriles is 4. The summed E-state index contributed by atoms with van der Waals surface area (Å²) in [5, 5.41) is 51.7. The van der Waals surface area contributed by atoms with E-state index in [9.17, 15) is 94.2 Å². The highest BCUT2D eigenvalue weighted by Crippen LogP contribution is 2.35. The number of ketones is 2. The van der Waals surface area contributed by atoms with E-state index in [0.717, 1.165) is 105 Å². The van der Waals surface area contributed by atoms with E-state index >= 15 is 0 Å². The lowest BCUT2D eigenvalue weighted by Gasteiger charge is -2.11. The Morgan fingerprint density at radius 3 is 1.20 bits per heavy atom. The van der Waals surface area contributed by atoms with Crippen molar-refractivity contribution in [3.8, 4) is 24.3 Å². The molecule has 109 heavy (non-hydrogen) atoms. The highest BCUT2D eigenvalue weighted by Gasteiger charge is 2.30. The fraction of sp³-hybridized carbons (Fsp3) is 0.203. The summed E-state index contributed by atoms with van der Waals surface area (Å²) in [4.78, 5) is 53.6. The van der Waals surface area contributed by atoms with Crippen molar-refractivity contribution in [1.29, 1.82) is 21.0 Å². The number of aryl methyl sites for hydroxylation is 1. The lowest BCUT2D eigenvalue weighted by Crippen LogP contribution is -2.04. The molecule has 4 fully saturated rings. The number of hydrogen-bond acceptors (Lipinski definition) is 14. The fourth-order valence-corrected chi connectivity index (χ4v) is 10.5. The molecule has 0 atom stereocenters. The number of aliphatic hydroxyl groups is 1. The standard InChI is InChI=1S/C13H11F2NO.C13H9F2NO.C10H7F2NO2.C9H7BrF2O2.C8H3F2NO.C7H3BrF2O2.C7H5BrF2O.C7H3BrF2O/c2*14-11-5-9(10(7-16)6-12(11)15)3-4-13(17)8-1-2-8;11-8-3-6(5-13)7(4-9(8)12)10-14-1-2-15-10;10-6-4-8(12)7(11)3-5(6)9-13-1-2-14-9;9-7-1-5(3-11)6(4-12)2-8(7)10;8-4-2-6(10)5(9)1-3(4)7(11)12;2*8-5-2-7(10)6(9)1-4(5)3-11/h5-6,8H,1-4H2;3-6,8H,1-2H2;3-4,10H,1-2H2;3-4,9H,1-2H2;1-2,4H;1-2H,(H,11,12);1-2,11H,3H2;1-3H/b;4-3+;;;;;;. The number of aromatic carboxylic acids is 1. The zero-order chi connectivity index (χ0) is 81.1. The molecule has 0 bridgehead atoms. The Morgan fingerprint density at radius 1 is 0.404 bits per heavy atom. The van der Waals surface area contributed by atoms with E-state index in [1.807, 2.05) is 6.07 Å². The maximum Gasteiger partial charge on any atom is 0.336 e. The van der Waals surface area contributed by atoms with Crippen molar-refractivity contribution in [2.24, 2.45) is 11.8 Å². The predicted octanol–water partition coefficient (Wildman–Crippen LogP) is 19.1. The number of Topliss-reactive ketones (excluding diaryl/α,β-unsaturated/α-hetero) is 1. The van der Waals surface area contributed by atoms with Crippen LogP contribution in [0.15, 0.2) is 121 Å². The van der Waals surface area contributed by atoms with Crippen LogP contribution < -0.4 is 0 Å². The largest absolute Gasteiger partial charge is 0.478 e. The van der Waals surface area contributed by atoms with Gasteiger partial charge in [0.25, 0.3) is 0 Å². The van der Waals surface area contributed by atoms with Gasteiger partial charge in [-0.2, -0.15) is 21.0 Å². The van der Waals surface area contributed by atoms with E-state index in [-0.39, 0.29) is 89.0 Å². The maximum absolute atomic E-state index is 13.0. The number of carboxylic acid groups (broad SMARTS) is 1. The quantitative estimate of drug-likeness (QED) is 0.0471. The number of aldehydes is 2. The summed E-state index contributed by atoms with van der Waals surface area (Å²) < 4.78 is 224. The second-order valence-corrected chi connectivity index (χ2v) is 25.6. The average Bonchev–Trinajstić information content (AvgIpc) is 1.79. The molecule has 2 saturated carbocycles. The van der Waals surface area contributed by atoms with Crippen LogP contribution in [0.2, 0.25) is 0 Å². The Hall–Kier alpha value is -9.79. The molecule has 2 aliphatic heterocycles. The highest BCUT2D eigenvalue weighted by atomic mass is 79.9. The van der Waals surface area contributed by atoms with E-state index in [0.29, 0.717) is 95.7 Å². The third-order valence-electron chi connectivity index (χ3n) is 14.6. The molecule has 2 saturated heterocycles. The summed E-state index contributed by atoms with van der Waals surface area (Å²) in [5.41, 5.74) is 1.31. The summed E-state index contributed by atoms with van der Waals surface area (Å²) in [6, 6.07) is 21.0. The summed E-state index contributed by atoms with van der Waals surface area (Å²) in [7, 11) is 0. The van der Waals surface area contributed by atoms with Gasteiger partial charge in [-0.1, -0.05) is 37.9 Å². The Balaban J connectivity index is 0.000000224. The molecule has 570 valence electrons. The number of carbonyl (C=O) groups is 5. The number of benzene rings is 8. The molecule has 8 aromatic carbocycles. The van der Waals surface area contributed by atoms with E-state index in [4.69, 9.17) is 50.2 Å². The molecule has 2 aliphatic carbocycles. The van der Waals surface area contributed by atoms with Gasteiger partial charge in [-0.25, -0.2) is 75.0 Å². The molecule has 8 aromatic rings. The number of hydrogen-bond donors (Lipinski definition) is 2. The van der Waals surface area contributed by atoms with Crippen molar-refractivity contribution in [2.75, 3.05) is 26.4 Å². The first-order chi connectivity index (χ1) is 51.6. The first-order valence-electron chi connectivity index (χ1n) is 30.7. The molecule has 35 heteroatoms. The monoisotopic (exact) mass is 1790 g/mol. The molecule has 0 radical (unpaired) electrons. The van der Waals surface area contributed by atoms with Gasteiger partial charge in [0.15, 0.2) is 124 Å². The average molecular weight is 1790 g/mol. The second-order valence-electron chi connectivity index (χ2n) is 22.2. The van der Waals surface area contributed by atoms with Crippen molar-refractivity contribution in [2.45, 2.75) is 57.7 Å². The lowest BCUT2D eigenvalue weighted by molar-refractivity contribution is -0.120. The molecule has 0 spiro atoms. The first kappa shape index (κ1) is 89.8. The van der Waals surface area contributed by atoms with Gasteiger partial charge in [0.1, 0.15) is 5.78 Å². The van der Waals surface area contributed by atoms with Gasteiger partial charge in [-0.3, -0.25) is 19.2 Å². The van der Waals surface area contributed by atoms with Crippen LogP contribution in [0.4, 0.5) is 70.2 Å². The van der Waals surface area contributed by atoms with Gasteiger partial charge in [0, 0.05) is 58.4 Å². The minimum Gasteiger partial charge on any atom is -0.478 e. The predicted molar refractivity (Wildman–Crippen MR) is 366 cm³/mol. The van der Waals surface area contributed by atoms with Crippen LogP contribution in [0.1, 0.15) is 126 Å². The van der Waals surface area contributed by atoms with Crippen LogP contribution >= 0.6 is 63.7 Å². The van der Waals surface area contributed by atoms with Gasteiger partial charge in [0.05, 0.1) is 85.1 Å². The van der Waals surface area contributed by atoms with Gasteiger partial charge >= 0.3 is 5.97 Å². The summed E-state index contributed by atoms with van der Waals surface area (Å²) >= 11 is 11.8. The molecule has 12 rings (SSSR count). The molecule has 0 unspecified atom stereocenters. The third kappa shape index (κ3) is 27.4. The summed E-state index contributed by atoms with van der Waals surface area (Å²) in [6.45, 7) is 1.40. The first-order valence-corrected chi connectivity index (χ1v) is 33.9. The van der Waals surface area contributed by atoms with Crippen molar-refractivity contribution in [3.05, 3.63) is 281 Å². The highest BCUT2D eigenvalue weighted by molar-refractivity contribution is 9.11. The summed E-state index contributed by atoms with van der Waals surface area (Å²) in [5.74, 6) is -17.3. The minimum atomic E-state index is -1.30. The number of allylic oxidation sites excluding steroid dienone is 1. The van der Waals surface area contributed by atoms with Crippen LogP contribution in [0, 0.1) is 150 Å². The lowest BCUT2D eigenvalue weighted by atomic mass is 10.0. The molecule has 0 aromatic heterocycles. The van der Waals surface area contributed by atoms with Crippen molar-refractivity contribution in [1.82, 2.24) is 0 Å². The van der Waals surface area contributed by atoms with Gasteiger partial charge in [-0.05, 0) is 184 Å².